The summed E-state index contributed by atoms with van der Waals surface area (Å²) in [6.07, 6.45) is 0.0327. The topological polar surface area (TPSA) is 53.3 Å². The Morgan fingerprint density at radius 2 is 2.12 bits per heavy atom. The minimum absolute atomic E-state index is 0.293. The van der Waals surface area contributed by atoms with Crippen LogP contribution in [0.25, 0.3) is 0 Å². The van der Waals surface area contributed by atoms with Crippen LogP contribution in [0, 0.1) is 11.3 Å². The maximum Gasteiger partial charge on any atom is 0.415 e. The van der Waals surface area contributed by atoms with Crippen molar-refractivity contribution < 1.29 is 9.53 Å². The predicted molar refractivity (Wildman–Crippen MR) is 59.3 cm³/mol. The molecule has 1 unspecified atom stereocenters. The number of hydrogen-bond donors (Lipinski definition) is 0. The van der Waals surface area contributed by atoms with Gasteiger partial charge in [-0.25, -0.2) is 4.79 Å². The number of carbonyl (C=O) groups excluding carboxylic acids is 1. The molecule has 1 amide bonds. The molecule has 1 aliphatic heterocycles. The largest absolute Gasteiger partial charge is 0.449 e. The maximum absolute atomic E-state index is 11.6. The number of cyclic esters (lactones) is 1. The van der Waals surface area contributed by atoms with Gasteiger partial charge in [-0.1, -0.05) is 11.6 Å². The lowest BCUT2D eigenvalue weighted by molar-refractivity contribution is 0.134. The highest BCUT2D eigenvalue weighted by atomic mass is 35.5. The van der Waals surface area contributed by atoms with E-state index in [1.807, 2.05) is 0 Å². The van der Waals surface area contributed by atoms with E-state index in [4.69, 9.17) is 21.6 Å². The molecule has 0 N–H and O–H groups in total. The van der Waals surface area contributed by atoms with Gasteiger partial charge in [-0.2, -0.15) is 5.26 Å². The van der Waals surface area contributed by atoms with Crippen molar-refractivity contribution in [2.24, 2.45) is 0 Å². The normalized spacial score (nSPS) is 20.1. The summed E-state index contributed by atoms with van der Waals surface area (Å²) in [6, 6.07) is 8.35. The monoisotopic (exact) mass is 236 g/mol. The van der Waals surface area contributed by atoms with Gasteiger partial charge >= 0.3 is 6.09 Å². The van der Waals surface area contributed by atoms with Gasteiger partial charge in [-0.15, -0.1) is 0 Å². The minimum atomic E-state index is -0.486. The first kappa shape index (κ1) is 10.8. The number of anilines is 1. The smallest absolute Gasteiger partial charge is 0.415 e. The molecule has 1 aliphatic rings. The molecule has 2 rings (SSSR count). The fourth-order valence-electron chi connectivity index (χ4n) is 1.59. The second-order valence-corrected chi connectivity index (χ2v) is 3.83. The molecule has 5 heteroatoms. The van der Waals surface area contributed by atoms with Gasteiger partial charge in [0.05, 0.1) is 12.7 Å². The molecule has 1 aromatic rings. The molecule has 0 bridgehead atoms. The minimum Gasteiger partial charge on any atom is -0.449 e. The first-order valence-corrected chi connectivity index (χ1v) is 5.21. The van der Waals surface area contributed by atoms with Crippen LogP contribution in [0.1, 0.15) is 6.42 Å². The highest BCUT2D eigenvalue weighted by Crippen LogP contribution is 2.24. The Kier molecular flexibility index (Phi) is 2.97. The summed E-state index contributed by atoms with van der Waals surface area (Å²) in [5.74, 6) is 0. The van der Waals surface area contributed by atoms with Crippen LogP contribution < -0.4 is 4.90 Å². The fraction of sp³-hybridized carbons (Fsp3) is 0.273. The number of amides is 1. The van der Waals surface area contributed by atoms with E-state index in [1.165, 1.54) is 4.90 Å². The predicted octanol–water partition coefficient (Wildman–Crippen LogP) is 2.58. The Bertz CT molecular complexity index is 438. The van der Waals surface area contributed by atoms with E-state index in [2.05, 4.69) is 6.07 Å². The maximum atomic E-state index is 11.6. The van der Waals surface area contributed by atoms with Crippen molar-refractivity contribution in [3.8, 4) is 6.07 Å². The van der Waals surface area contributed by atoms with Crippen molar-refractivity contribution in [2.75, 3.05) is 11.5 Å². The summed E-state index contributed by atoms with van der Waals surface area (Å²) in [6.45, 7) is 0.293. The van der Waals surface area contributed by atoms with Crippen LogP contribution >= 0.6 is 11.6 Å². The van der Waals surface area contributed by atoms with Crippen LogP contribution in [-0.4, -0.2) is 18.7 Å². The third-order valence-corrected chi connectivity index (χ3v) is 2.63. The van der Waals surface area contributed by atoms with E-state index in [1.54, 1.807) is 24.3 Å². The Labute approximate surface area is 98.0 Å². The summed E-state index contributed by atoms with van der Waals surface area (Å²) in [4.78, 5) is 12.9. The van der Waals surface area contributed by atoms with E-state index in [0.717, 1.165) is 0 Å². The Morgan fingerprint density at radius 3 is 2.75 bits per heavy atom. The zero-order valence-corrected chi connectivity index (χ0v) is 9.15. The molecular weight excluding hydrogens is 228 g/mol. The van der Waals surface area contributed by atoms with Crippen LogP contribution in [0.5, 0.6) is 0 Å². The standard InChI is InChI=1S/C11H9ClN2O2/c12-8-1-3-9(4-2-8)14-10(7-13)5-6-16-11(14)15/h1-4,10H,5-6H2. The summed E-state index contributed by atoms with van der Waals surface area (Å²) in [7, 11) is 0. The quantitative estimate of drug-likeness (QED) is 0.753. The summed E-state index contributed by atoms with van der Waals surface area (Å²) in [5, 5.41) is 9.56. The lowest BCUT2D eigenvalue weighted by Gasteiger charge is -2.30. The summed E-state index contributed by atoms with van der Waals surface area (Å²) < 4.78 is 4.91. The molecular formula is C11H9ClN2O2. The average molecular weight is 237 g/mol. The van der Waals surface area contributed by atoms with Crippen molar-refractivity contribution in [3.05, 3.63) is 29.3 Å². The van der Waals surface area contributed by atoms with Gasteiger partial charge < -0.3 is 4.74 Å². The fourth-order valence-corrected chi connectivity index (χ4v) is 1.72. The molecule has 4 nitrogen and oxygen atoms in total. The number of benzene rings is 1. The number of ether oxygens (including phenoxy) is 1. The van der Waals surface area contributed by atoms with Gasteiger partial charge in [-0.05, 0) is 24.3 Å². The van der Waals surface area contributed by atoms with Gasteiger partial charge in [0, 0.05) is 17.1 Å². The molecule has 1 heterocycles. The third-order valence-electron chi connectivity index (χ3n) is 2.38. The van der Waals surface area contributed by atoms with Gasteiger partial charge in [0.2, 0.25) is 0 Å². The second kappa shape index (κ2) is 4.42. The molecule has 1 atom stereocenters. The SMILES string of the molecule is N#CC1CCOC(=O)N1c1ccc(Cl)cc1. The Hall–Kier alpha value is -1.73. The lowest BCUT2D eigenvalue weighted by Crippen LogP contribution is -2.45. The number of nitriles is 1. The zero-order chi connectivity index (χ0) is 11.5. The molecule has 82 valence electrons. The van der Waals surface area contributed by atoms with Crippen molar-refractivity contribution in [1.29, 1.82) is 5.26 Å². The highest BCUT2D eigenvalue weighted by molar-refractivity contribution is 6.30. The van der Waals surface area contributed by atoms with Crippen molar-refractivity contribution >= 4 is 23.4 Å². The van der Waals surface area contributed by atoms with Crippen LogP contribution in [-0.2, 0) is 4.74 Å². The summed E-state index contributed by atoms with van der Waals surface area (Å²) in [5.41, 5.74) is 0.626. The number of halogens is 1. The Balaban J connectivity index is 2.32. The molecule has 1 aromatic carbocycles. The van der Waals surface area contributed by atoms with E-state index < -0.39 is 12.1 Å². The lowest BCUT2D eigenvalue weighted by atomic mass is 10.1. The van der Waals surface area contributed by atoms with E-state index in [-0.39, 0.29) is 0 Å². The number of hydrogen-bond acceptors (Lipinski definition) is 3. The van der Waals surface area contributed by atoms with Crippen molar-refractivity contribution in [1.82, 2.24) is 0 Å². The van der Waals surface area contributed by atoms with Crippen molar-refractivity contribution in [2.45, 2.75) is 12.5 Å². The molecule has 1 saturated heterocycles. The highest BCUT2D eigenvalue weighted by Gasteiger charge is 2.30. The van der Waals surface area contributed by atoms with Crippen LogP contribution in [0.15, 0.2) is 24.3 Å². The van der Waals surface area contributed by atoms with Gasteiger partial charge in [0.25, 0.3) is 0 Å². The first-order chi connectivity index (χ1) is 7.72. The zero-order valence-electron chi connectivity index (χ0n) is 8.39. The van der Waals surface area contributed by atoms with Gasteiger partial charge in [-0.3, -0.25) is 4.90 Å². The molecule has 0 saturated carbocycles. The van der Waals surface area contributed by atoms with Crippen LogP contribution in [0.3, 0.4) is 0 Å². The second-order valence-electron chi connectivity index (χ2n) is 3.39. The van der Waals surface area contributed by atoms with Crippen LogP contribution in [0.4, 0.5) is 10.5 Å². The molecule has 1 fully saturated rings. The Morgan fingerprint density at radius 1 is 1.44 bits per heavy atom. The number of nitrogens with zero attached hydrogens (tertiary/aromatic N) is 2. The summed E-state index contributed by atoms with van der Waals surface area (Å²) >= 11 is 5.76. The van der Waals surface area contributed by atoms with Crippen LogP contribution in [0.2, 0.25) is 5.02 Å². The first-order valence-electron chi connectivity index (χ1n) is 4.83. The van der Waals surface area contributed by atoms with E-state index in [0.29, 0.717) is 23.7 Å². The molecule has 0 aliphatic carbocycles. The van der Waals surface area contributed by atoms with Gasteiger partial charge in [0.1, 0.15) is 6.04 Å². The number of carbonyl (C=O) groups is 1. The molecule has 0 spiro atoms. The van der Waals surface area contributed by atoms with E-state index >= 15 is 0 Å². The van der Waals surface area contributed by atoms with E-state index in [9.17, 15) is 4.79 Å². The molecule has 16 heavy (non-hydrogen) atoms. The average Bonchev–Trinajstić information content (AvgIpc) is 2.30. The number of rotatable bonds is 1. The van der Waals surface area contributed by atoms with Crippen molar-refractivity contribution in [3.63, 3.8) is 0 Å². The molecule has 0 radical (unpaired) electrons. The molecule has 0 aromatic heterocycles. The van der Waals surface area contributed by atoms with Gasteiger partial charge in [0.15, 0.2) is 0 Å². The third kappa shape index (κ3) is 1.95.